The number of nitrogens with one attached hydrogen (secondary N) is 2. The highest BCUT2D eigenvalue weighted by Gasteiger charge is 2.51. The van der Waals surface area contributed by atoms with E-state index in [-0.39, 0.29) is 29.6 Å². The number of carbonyl (C=O) groups excluding carboxylic acids is 1. The highest BCUT2D eigenvalue weighted by Crippen LogP contribution is 2.48. The Morgan fingerprint density at radius 1 is 1.39 bits per heavy atom. The molecule has 7 heteroatoms. The van der Waals surface area contributed by atoms with Gasteiger partial charge < -0.3 is 10.4 Å². The third-order valence-electron chi connectivity index (χ3n) is 4.13. The predicted molar refractivity (Wildman–Crippen MR) is 59.6 cm³/mol. The fourth-order valence-corrected chi connectivity index (χ4v) is 3.39. The van der Waals surface area contributed by atoms with Gasteiger partial charge in [0.2, 0.25) is 5.82 Å². The summed E-state index contributed by atoms with van der Waals surface area (Å²) >= 11 is 0. The summed E-state index contributed by atoms with van der Waals surface area (Å²) < 4.78 is 0. The van der Waals surface area contributed by atoms with E-state index in [9.17, 15) is 14.7 Å². The lowest BCUT2D eigenvalue weighted by molar-refractivity contribution is -0.144. The van der Waals surface area contributed by atoms with Gasteiger partial charge in [0.1, 0.15) is 6.33 Å². The number of aromatic nitrogens is 3. The van der Waals surface area contributed by atoms with Crippen molar-refractivity contribution in [2.24, 2.45) is 17.8 Å². The van der Waals surface area contributed by atoms with Gasteiger partial charge in [-0.15, -0.1) is 0 Å². The van der Waals surface area contributed by atoms with Crippen LogP contribution < -0.4 is 5.32 Å². The first-order valence-electron chi connectivity index (χ1n) is 6.06. The highest BCUT2D eigenvalue weighted by atomic mass is 16.4. The molecule has 2 bridgehead atoms. The van der Waals surface area contributed by atoms with Gasteiger partial charge in [-0.05, 0) is 31.1 Å². The number of H-pyrrole nitrogens is 1. The lowest BCUT2D eigenvalue weighted by Crippen LogP contribution is -2.47. The molecule has 1 amide bonds. The summed E-state index contributed by atoms with van der Waals surface area (Å²) in [5, 5.41) is 18.1. The highest BCUT2D eigenvalue weighted by molar-refractivity contribution is 5.91. The largest absolute Gasteiger partial charge is 0.481 e. The molecule has 3 N–H and O–H groups in total. The van der Waals surface area contributed by atoms with Gasteiger partial charge in [-0.2, -0.15) is 5.10 Å². The first-order valence-corrected chi connectivity index (χ1v) is 6.06. The third-order valence-corrected chi connectivity index (χ3v) is 4.13. The fourth-order valence-electron chi connectivity index (χ4n) is 3.39. The Labute approximate surface area is 103 Å². The van der Waals surface area contributed by atoms with Crippen LogP contribution in [-0.2, 0) is 4.79 Å². The number of carboxylic acid groups (broad SMARTS) is 1. The average Bonchev–Trinajstić information content (AvgIpc) is 3.05. The zero-order chi connectivity index (χ0) is 12.7. The average molecular weight is 250 g/mol. The molecule has 0 spiro atoms. The molecule has 1 heterocycles. The lowest BCUT2D eigenvalue weighted by Gasteiger charge is -2.28. The fraction of sp³-hybridized carbons (Fsp3) is 0.636. The van der Waals surface area contributed by atoms with Crippen molar-refractivity contribution in [2.45, 2.75) is 25.3 Å². The van der Waals surface area contributed by atoms with Crippen molar-refractivity contribution >= 4 is 11.9 Å². The zero-order valence-corrected chi connectivity index (χ0v) is 9.67. The van der Waals surface area contributed by atoms with Crippen LogP contribution in [0.3, 0.4) is 0 Å². The number of hydrogen-bond acceptors (Lipinski definition) is 4. The minimum absolute atomic E-state index is 0.127. The monoisotopic (exact) mass is 250 g/mol. The van der Waals surface area contributed by atoms with Crippen molar-refractivity contribution in [3.05, 3.63) is 12.2 Å². The van der Waals surface area contributed by atoms with Crippen LogP contribution in [-0.4, -0.2) is 38.2 Å². The number of carbonyl (C=O) groups is 2. The number of aliphatic carboxylic acids is 1. The van der Waals surface area contributed by atoms with Gasteiger partial charge in [0, 0.05) is 6.04 Å². The van der Waals surface area contributed by atoms with E-state index in [4.69, 9.17) is 0 Å². The maximum atomic E-state index is 11.9. The molecule has 2 aliphatic carbocycles. The van der Waals surface area contributed by atoms with Gasteiger partial charge in [-0.3, -0.25) is 14.7 Å². The number of fused-ring (bicyclic) bond motifs is 2. The topological polar surface area (TPSA) is 108 Å². The van der Waals surface area contributed by atoms with E-state index in [0.717, 1.165) is 19.3 Å². The zero-order valence-electron chi connectivity index (χ0n) is 9.67. The second kappa shape index (κ2) is 4.08. The standard InChI is InChI=1S/C11H14N4O3/c16-10(9-12-4-13-15-9)14-8-6-2-1-5(3-6)7(8)11(17)18/h4-8H,1-3H2,(H,14,16)(H,17,18)(H,12,13,15). The quantitative estimate of drug-likeness (QED) is 0.701. The molecule has 1 aromatic heterocycles. The summed E-state index contributed by atoms with van der Waals surface area (Å²) in [6, 6.07) is -0.279. The van der Waals surface area contributed by atoms with E-state index in [1.165, 1.54) is 6.33 Å². The Morgan fingerprint density at radius 3 is 2.83 bits per heavy atom. The third kappa shape index (κ3) is 1.66. The second-order valence-corrected chi connectivity index (χ2v) is 5.03. The van der Waals surface area contributed by atoms with Gasteiger partial charge in [0.15, 0.2) is 0 Å². The maximum absolute atomic E-state index is 11.9. The Kier molecular flexibility index (Phi) is 2.53. The molecule has 96 valence electrons. The van der Waals surface area contributed by atoms with Crippen LogP contribution in [0.1, 0.15) is 29.9 Å². The van der Waals surface area contributed by atoms with Crippen LogP contribution in [0.25, 0.3) is 0 Å². The predicted octanol–water partition coefficient (Wildman–Crippen LogP) is 0.0338. The van der Waals surface area contributed by atoms with Gasteiger partial charge in [-0.1, -0.05) is 0 Å². The van der Waals surface area contributed by atoms with Crippen molar-refractivity contribution in [1.82, 2.24) is 20.5 Å². The molecule has 3 rings (SSSR count). The van der Waals surface area contributed by atoms with E-state index in [0.29, 0.717) is 0 Å². The van der Waals surface area contributed by atoms with Crippen LogP contribution in [0, 0.1) is 17.8 Å². The molecule has 7 nitrogen and oxygen atoms in total. The van der Waals surface area contributed by atoms with Gasteiger partial charge in [-0.25, -0.2) is 4.98 Å². The van der Waals surface area contributed by atoms with Gasteiger partial charge in [0.25, 0.3) is 5.91 Å². The summed E-state index contributed by atoms with van der Waals surface area (Å²) in [4.78, 5) is 26.9. The van der Waals surface area contributed by atoms with Crippen molar-refractivity contribution in [3.8, 4) is 0 Å². The molecule has 0 aliphatic heterocycles. The molecule has 2 fully saturated rings. The minimum atomic E-state index is -0.815. The molecule has 0 radical (unpaired) electrons. The second-order valence-electron chi connectivity index (χ2n) is 5.03. The van der Waals surface area contributed by atoms with E-state index in [2.05, 4.69) is 20.5 Å². The van der Waals surface area contributed by atoms with Crippen molar-refractivity contribution < 1.29 is 14.7 Å². The minimum Gasteiger partial charge on any atom is -0.481 e. The molecule has 0 saturated heterocycles. The van der Waals surface area contributed by atoms with E-state index < -0.39 is 11.9 Å². The van der Waals surface area contributed by atoms with Gasteiger partial charge >= 0.3 is 5.97 Å². The Hall–Kier alpha value is -1.92. The molecule has 4 unspecified atom stereocenters. The molecule has 2 saturated carbocycles. The molecular weight excluding hydrogens is 236 g/mol. The Balaban J connectivity index is 1.75. The SMILES string of the molecule is O=C(NC1C2CCC(C2)C1C(=O)O)c1ncn[nH]1. The van der Waals surface area contributed by atoms with Crippen LogP contribution >= 0.6 is 0 Å². The van der Waals surface area contributed by atoms with Crippen molar-refractivity contribution in [2.75, 3.05) is 0 Å². The first kappa shape index (κ1) is 11.2. The number of nitrogens with zero attached hydrogens (tertiary/aromatic N) is 2. The number of rotatable bonds is 3. The number of hydrogen-bond donors (Lipinski definition) is 3. The molecule has 4 atom stereocenters. The van der Waals surface area contributed by atoms with Crippen molar-refractivity contribution in [3.63, 3.8) is 0 Å². The van der Waals surface area contributed by atoms with Crippen LogP contribution in [0.2, 0.25) is 0 Å². The smallest absolute Gasteiger partial charge is 0.308 e. The number of amides is 1. The summed E-state index contributed by atoms with van der Waals surface area (Å²) in [5.41, 5.74) is 0. The van der Waals surface area contributed by atoms with E-state index in [1.54, 1.807) is 0 Å². The summed E-state index contributed by atoms with van der Waals surface area (Å²) in [5.74, 6) is -1.05. The Morgan fingerprint density at radius 2 is 2.17 bits per heavy atom. The van der Waals surface area contributed by atoms with E-state index >= 15 is 0 Å². The summed E-state index contributed by atoms with van der Waals surface area (Å²) in [6.45, 7) is 0. The van der Waals surface area contributed by atoms with Crippen LogP contribution in [0.4, 0.5) is 0 Å². The van der Waals surface area contributed by atoms with Crippen molar-refractivity contribution in [1.29, 1.82) is 0 Å². The summed E-state index contributed by atoms with van der Waals surface area (Å²) in [7, 11) is 0. The molecule has 0 aromatic carbocycles. The Bertz CT molecular complexity index is 473. The molecule has 1 aromatic rings. The molecular formula is C11H14N4O3. The first-order chi connectivity index (χ1) is 8.66. The van der Waals surface area contributed by atoms with Crippen LogP contribution in [0.15, 0.2) is 6.33 Å². The normalized spacial score (nSPS) is 33.6. The summed E-state index contributed by atoms with van der Waals surface area (Å²) in [6.07, 6.45) is 4.11. The maximum Gasteiger partial charge on any atom is 0.308 e. The molecule has 18 heavy (non-hydrogen) atoms. The number of carboxylic acids is 1. The van der Waals surface area contributed by atoms with Gasteiger partial charge in [0.05, 0.1) is 5.92 Å². The van der Waals surface area contributed by atoms with E-state index in [1.807, 2.05) is 0 Å². The lowest BCUT2D eigenvalue weighted by atomic mass is 9.84. The molecule has 2 aliphatic rings. The number of aromatic amines is 1. The van der Waals surface area contributed by atoms with Crippen LogP contribution in [0.5, 0.6) is 0 Å².